The van der Waals surface area contributed by atoms with E-state index in [-0.39, 0.29) is 5.89 Å². The number of aromatic amines is 2. The summed E-state index contributed by atoms with van der Waals surface area (Å²) < 4.78 is 5.75. The molecule has 2 heterocycles. The van der Waals surface area contributed by atoms with Crippen molar-refractivity contribution in [3.8, 4) is 11.5 Å². The summed E-state index contributed by atoms with van der Waals surface area (Å²) in [6, 6.07) is 3.56. The Kier molecular flexibility index (Phi) is 2.34. The fraction of sp³-hybridized carbons (Fsp3) is 0. The van der Waals surface area contributed by atoms with Crippen molar-refractivity contribution >= 4 is 38.4 Å². The van der Waals surface area contributed by atoms with Crippen molar-refractivity contribution in [1.82, 2.24) is 15.2 Å². The van der Waals surface area contributed by atoms with Gasteiger partial charge in [-0.3, -0.25) is 0 Å². The lowest BCUT2D eigenvalue weighted by Gasteiger charge is -1.97. The first kappa shape index (κ1) is 10.6. The Labute approximate surface area is 108 Å². The predicted molar refractivity (Wildman–Crippen MR) is 67.1 cm³/mol. The van der Waals surface area contributed by atoms with Gasteiger partial charge in [0.2, 0.25) is 0 Å². The number of rotatable bonds is 1. The van der Waals surface area contributed by atoms with Crippen molar-refractivity contribution in [3.63, 3.8) is 0 Å². The van der Waals surface area contributed by atoms with Crippen LogP contribution in [0.3, 0.4) is 0 Å². The molecule has 5 nitrogen and oxygen atoms in total. The molecule has 0 spiro atoms. The molecule has 1 aromatic carbocycles. The van der Waals surface area contributed by atoms with E-state index in [2.05, 4.69) is 31.1 Å². The van der Waals surface area contributed by atoms with Crippen LogP contribution in [-0.2, 0) is 0 Å². The average Bonchev–Trinajstić information content (AvgIpc) is 2.83. The molecule has 0 aliphatic rings. The first-order chi connectivity index (χ1) is 8.15. The van der Waals surface area contributed by atoms with Crippen molar-refractivity contribution in [1.29, 1.82) is 0 Å². The molecule has 0 amide bonds. The second kappa shape index (κ2) is 3.75. The van der Waals surface area contributed by atoms with Crippen LogP contribution in [0.1, 0.15) is 0 Å². The third-order valence-corrected chi connectivity index (χ3v) is 3.22. The maximum absolute atomic E-state index is 10.9. The Balaban J connectivity index is 2.35. The monoisotopic (exact) mass is 313 g/mol. The van der Waals surface area contributed by atoms with Crippen molar-refractivity contribution < 1.29 is 4.42 Å². The SMILES string of the molecule is O=c1[nH]nc(-c2c[nH]c3c(Br)cc(Cl)cc23)o1. The molecule has 0 atom stereocenters. The Hall–Kier alpha value is -1.53. The number of nitrogens with one attached hydrogen (secondary N) is 2. The molecule has 2 N–H and O–H groups in total. The molecule has 0 bridgehead atoms. The van der Waals surface area contributed by atoms with Gasteiger partial charge in [0.25, 0.3) is 5.89 Å². The van der Waals surface area contributed by atoms with E-state index in [9.17, 15) is 4.79 Å². The molecule has 0 saturated heterocycles. The van der Waals surface area contributed by atoms with E-state index in [1.54, 1.807) is 18.3 Å². The predicted octanol–water partition coefficient (Wildman–Crippen LogP) is 2.93. The standard InChI is InChI=1S/C10H5BrClN3O2/c11-7-2-4(12)1-5-6(3-13-8(5)7)9-14-15-10(16)17-9/h1-3,13H,(H,15,16). The van der Waals surface area contributed by atoms with Gasteiger partial charge in [0.15, 0.2) is 0 Å². The lowest BCUT2D eigenvalue weighted by Crippen LogP contribution is -1.93. The second-order valence-corrected chi connectivity index (χ2v) is 4.72. The molecular formula is C10H5BrClN3O2. The number of aromatic nitrogens is 3. The zero-order valence-electron chi connectivity index (χ0n) is 8.25. The minimum atomic E-state index is -0.588. The first-order valence-corrected chi connectivity index (χ1v) is 5.84. The van der Waals surface area contributed by atoms with Gasteiger partial charge in [-0.1, -0.05) is 11.6 Å². The van der Waals surface area contributed by atoms with E-state index >= 15 is 0 Å². The minimum absolute atomic E-state index is 0.232. The highest BCUT2D eigenvalue weighted by Crippen LogP contribution is 2.33. The Morgan fingerprint density at radius 3 is 2.94 bits per heavy atom. The molecule has 86 valence electrons. The van der Waals surface area contributed by atoms with E-state index in [4.69, 9.17) is 16.0 Å². The van der Waals surface area contributed by atoms with Gasteiger partial charge in [0, 0.05) is 21.1 Å². The topological polar surface area (TPSA) is 74.7 Å². The molecule has 7 heteroatoms. The number of nitrogens with zero attached hydrogens (tertiary/aromatic N) is 1. The van der Waals surface area contributed by atoms with Crippen molar-refractivity contribution in [3.05, 3.63) is 38.4 Å². The van der Waals surface area contributed by atoms with Gasteiger partial charge in [0.1, 0.15) is 0 Å². The Morgan fingerprint density at radius 2 is 2.24 bits per heavy atom. The van der Waals surface area contributed by atoms with Crippen LogP contribution < -0.4 is 5.76 Å². The summed E-state index contributed by atoms with van der Waals surface area (Å²) in [4.78, 5) is 14.0. The molecule has 0 radical (unpaired) electrons. The number of H-pyrrole nitrogens is 2. The van der Waals surface area contributed by atoms with Crippen molar-refractivity contribution in [2.75, 3.05) is 0 Å². The Morgan fingerprint density at radius 1 is 1.41 bits per heavy atom. The first-order valence-electron chi connectivity index (χ1n) is 4.67. The number of benzene rings is 1. The maximum Gasteiger partial charge on any atom is 0.434 e. The molecular weight excluding hydrogens is 309 g/mol. The lowest BCUT2D eigenvalue weighted by molar-refractivity contribution is 0.527. The summed E-state index contributed by atoms with van der Waals surface area (Å²) in [6.45, 7) is 0. The van der Waals surface area contributed by atoms with E-state index in [1.807, 2.05) is 0 Å². The normalized spacial score (nSPS) is 11.2. The van der Waals surface area contributed by atoms with Crippen LogP contribution in [0.25, 0.3) is 22.4 Å². The Bertz CT molecular complexity index is 758. The second-order valence-electron chi connectivity index (χ2n) is 3.43. The molecule has 3 rings (SSSR count). The van der Waals surface area contributed by atoms with Gasteiger partial charge in [-0.2, -0.15) is 0 Å². The zero-order chi connectivity index (χ0) is 12.0. The third kappa shape index (κ3) is 1.69. The number of halogens is 2. The van der Waals surface area contributed by atoms with Crippen molar-refractivity contribution in [2.45, 2.75) is 0 Å². The molecule has 0 aliphatic carbocycles. The van der Waals surface area contributed by atoms with E-state index in [1.165, 1.54) is 0 Å². The van der Waals surface area contributed by atoms with Gasteiger partial charge < -0.3 is 9.40 Å². The van der Waals surface area contributed by atoms with E-state index < -0.39 is 5.76 Å². The largest absolute Gasteiger partial charge is 0.434 e. The van der Waals surface area contributed by atoms with E-state index in [0.29, 0.717) is 10.6 Å². The van der Waals surface area contributed by atoms with Gasteiger partial charge in [-0.25, -0.2) is 9.89 Å². The molecule has 0 fully saturated rings. The van der Waals surface area contributed by atoms with Crippen LogP contribution in [0.15, 0.2) is 32.0 Å². The summed E-state index contributed by atoms with van der Waals surface area (Å²) >= 11 is 9.38. The fourth-order valence-corrected chi connectivity index (χ4v) is 2.60. The summed E-state index contributed by atoms with van der Waals surface area (Å²) in [7, 11) is 0. The highest BCUT2D eigenvalue weighted by atomic mass is 79.9. The van der Waals surface area contributed by atoms with Crippen LogP contribution in [0.4, 0.5) is 0 Å². The molecule has 2 aromatic heterocycles. The minimum Gasteiger partial charge on any atom is -0.388 e. The zero-order valence-corrected chi connectivity index (χ0v) is 10.6. The number of hydrogen-bond donors (Lipinski definition) is 2. The van der Waals surface area contributed by atoms with Gasteiger partial charge in [0.05, 0.1) is 11.1 Å². The molecule has 0 aliphatic heterocycles. The van der Waals surface area contributed by atoms with Crippen LogP contribution in [-0.4, -0.2) is 15.2 Å². The van der Waals surface area contributed by atoms with Crippen LogP contribution >= 0.6 is 27.5 Å². The highest BCUT2D eigenvalue weighted by Gasteiger charge is 2.13. The van der Waals surface area contributed by atoms with Crippen LogP contribution in [0.2, 0.25) is 5.02 Å². The van der Waals surface area contributed by atoms with Gasteiger partial charge in [-0.15, -0.1) is 5.10 Å². The van der Waals surface area contributed by atoms with Crippen molar-refractivity contribution in [2.24, 2.45) is 0 Å². The molecule has 3 aromatic rings. The smallest absolute Gasteiger partial charge is 0.388 e. The summed E-state index contributed by atoms with van der Waals surface area (Å²) in [6.07, 6.45) is 1.71. The average molecular weight is 315 g/mol. The summed E-state index contributed by atoms with van der Waals surface area (Å²) in [5.41, 5.74) is 1.55. The summed E-state index contributed by atoms with van der Waals surface area (Å²) in [5.74, 6) is -0.356. The van der Waals surface area contributed by atoms with Gasteiger partial charge >= 0.3 is 5.76 Å². The molecule has 0 saturated carbocycles. The maximum atomic E-state index is 10.9. The molecule has 17 heavy (non-hydrogen) atoms. The lowest BCUT2D eigenvalue weighted by atomic mass is 10.2. The number of fused-ring (bicyclic) bond motifs is 1. The fourth-order valence-electron chi connectivity index (χ4n) is 1.68. The van der Waals surface area contributed by atoms with Crippen LogP contribution in [0, 0.1) is 0 Å². The molecule has 0 unspecified atom stereocenters. The van der Waals surface area contributed by atoms with Gasteiger partial charge in [-0.05, 0) is 28.1 Å². The highest BCUT2D eigenvalue weighted by molar-refractivity contribution is 9.10. The van der Waals surface area contributed by atoms with Crippen LogP contribution in [0.5, 0.6) is 0 Å². The quantitative estimate of drug-likeness (QED) is 0.725. The number of hydrogen-bond acceptors (Lipinski definition) is 3. The van der Waals surface area contributed by atoms with E-state index in [0.717, 1.165) is 15.4 Å². The third-order valence-electron chi connectivity index (χ3n) is 2.37. The summed E-state index contributed by atoms with van der Waals surface area (Å²) in [5, 5.41) is 7.42.